The highest BCUT2D eigenvalue weighted by atomic mass is 32.1. The second-order valence-electron chi connectivity index (χ2n) is 17.0. The van der Waals surface area contributed by atoms with Crippen molar-refractivity contribution in [3.05, 3.63) is 200 Å². The molecule has 0 fully saturated rings. The first-order valence-corrected chi connectivity index (χ1v) is 23.0. The van der Waals surface area contributed by atoms with Gasteiger partial charge in [-0.15, -0.1) is 11.3 Å². The minimum absolute atomic E-state index is 0.569. The fourth-order valence-corrected chi connectivity index (χ4v) is 11.4. The largest absolute Gasteiger partial charge is 0.454 e. The van der Waals surface area contributed by atoms with Crippen LogP contribution in [-0.2, 0) is 0 Å². The SMILES string of the molecule is C1=CCCC(c2ccc(-c3nc(-c4ccc5c(oc6ccc7ccccc7c65)c4-n4c5ccccc5c5cc6ccccc6cc54)nc(-c4cccc5sc6ccccc6c45)n3)cc2)=C1. The highest BCUT2D eigenvalue weighted by molar-refractivity contribution is 7.25. The Labute approximate surface area is 376 Å². The maximum Gasteiger partial charge on any atom is 0.166 e. The number of hydrogen-bond donors (Lipinski definition) is 0. The molecule has 1 aliphatic carbocycles. The molecule has 0 aliphatic heterocycles. The Morgan fingerprint density at radius 3 is 2.03 bits per heavy atom. The molecule has 65 heavy (non-hydrogen) atoms. The van der Waals surface area contributed by atoms with Crippen LogP contribution in [0, 0.1) is 0 Å². The summed E-state index contributed by atoms with van der Waals surface area (Å²) in [6.07, 6.45) is 8.68. The maximum absolute atomic E-state index is 7.16. The molecule has 4 heterocycles. The van der Waals surface area contributed by atoms with Crippen molar-refractivity contribution < 1.29 is 4.42 Å². The molecule has 0 bridgehead atoms. The Morgan fingerprint density at radius 2 is 1.18 bits per heavy atom. The first-order chi connectivity index (χ1) is 32.2. The second kappa shape index (κ2) is 14.2. The number of aromatic nitrogens is 4. The Bertz CT molecular complexity index is 4190. The third-order valence-electron chi connectivity index (χ3n) is 13.3. The quantitative estimate of drug-likeness (QED) is 0.173. The van der Waals surface area contributed by atoms with Crippen molar-refractivity contribution in [2.75, 3.05) is 0 Å². The van der Waals surface area contributed by atoms with E-state index in [1.807, 2.05) is 0 Å². The summed E-state index contributed by atoms with van der Waals surface area (Å²) in [6.45, 7) is 0. The predicted molar refractivity (Wildman–Crippen MR) is 272 cm³/mol. The summed E-state index contributed by atoms with van der Waals surface area (Å²) in [5.41, 5.74) is 9.94. The molecule has 13 aromatic rings. The van der Waals surface area contributed by atoms with E-state index >= 15 is 0 Å². The number of hydrogen-bond acceptors (Lipinski definition) is 5. The molecule has 0 saturated heterocycles. The van der Waals surface area contributed by atoms with Gasteiger partial charge in [0.1, 0.15) is 11.3 Å². The topological polar surface area (TPSA) is 56.7 Å². The van der Waals surface area contributed by atoms with Crippen LogP contribution in [0.3, 0.4) is 0 Å². The monoisotopic (exact) mass is 848 g/mol. The van der Waals surface area contributed by atoms with Crippen molar-refractivity contribution in [2.45, 2.75) is 12.8 Å². The number of para-hydroxylation sites is 1. The van der Waals surface area contributed by atoms with Gasteiger partial charge in [-0.3, -0.25) is 0 Å². The number of allylic oxidation sites excluding steroid dienone is 4. The third kappa shape index (κ3) is 5.60. The number of fused-ring (bicyclic) bond motifs is 12. The second-order valence-corrected chi connectivity index (χ2v) is 18.1. The van der Waals surface area contributed by atoms with Crippen LogP contribution in [0.4, 0.5) is 0 Å². The zero-order chi connectivity index (χ0) is 42.6. The Morgan fingerprint density at radius 1 is 0.477 bits per heavy atom. The Hall–Kier alpha value is -8.19. The normalized spacial score (nSPS) is 13.1. The lowest BCUT2D eigenvalue weighted by Crippen LogP contribution is -2.04. The summed E-state index contributed by atoms with van der Waals surface area (Å²) in [5, 5.41) is 11.5. The van der Waals surface area contributed by atoms with E-state index in [-0.39, 0.29) is 0 Å². The first-order valence-electron chi connectivity index (χ1n) is 22.1. The van der Waals surface area contributed by atoms with Crippen LogP contribution in [0.2, 0.25) is 0 Å². The lowest BCUT2D eigenvalue weighted by atomic mass is 9.96. The zero-order valence-corrected chi connectivity index (χ0v) is 35.8. The molecule has 1 aliphatic rings. The molecule has 0 atom stereocenters. The summed E-state index contributed by atoms with van der Waals surface area (Å²) in [5.74, 6) is 1.80. The number of benzene rings is 9. The van der Waals surface area contributed by atoms with Crippen molar-refractivity contribution in [1.29, 1.82) is 0 Å². The summed E-state index contributed by atoms with van der Waals surface area (Å²) >= 11 is 1.80. The van der Waals surface area contributed by atoms with Crippen LogP contribution in [0.1, 0.15) is 18.4 Å². The Kier molecular flexibility index (Phi) is 7.91. The van der Waals surface area contributed by atoms with Gasteiger partial charge in [0.05, 0.1) is 11.0 Å². The molecule has 0 amide bonds. The van der Waals surface area contributed by atoms with E-state index < -0.39 is 0 Å². The van der Waals surface area contributed by atoms with Gasteiger partial charge >= 0.3 is 0 Å². The van der Waals surface area contributed by atoms with Gasteiger partial charge in [-0.1, -0.05) is 146 Å². The van der Waals surface area contributed by atoms with Crippen LogP contribution in [0.25, 0.3) is 131 Å². The number of rotatable bonds is 5. The predicted octanol–water partition coefficient (Wildman–Crippen LogP) is 16.3. The first kappa shape index (κ1) is 36.3. The minimum Gasteiger partial charge on any atom is -0.454 e. The van der Waals surface area contributed by atoms with Crippen LogP contribution in [0.15, 0.2) is 199 Å². The zero-order valence-electron chi connectivity index (χ0n) is 35.0. The van der Waals surface area contributed by atoms with Crippen molar-refractivity contribution in [1.82, 2.24) is 19.5 Å². The standard InChI is InChI=1S/C59H36N4OS/c1-2-13-35(14-3-1)36-25-27-38(28-26-36)57-60-58(45-21-12-24-52-54(45)43-20-9-11-23-51(43)65-52)62-59(61-57)46-31-30-44-53-41-18-7-6-15-37(41)29-32-50(53)64-56(44)55(46)63-48-22-10-8-19-42(48)47-33-39-16-4-5-17-40(39)34-49(47)63/h1-2,4-13,15-34H,3,14H2. The number of thiophene rings is 1. The molecular formula is C59H36N4OS. The molecule has 6 heteroatoms. The number of nitrogens with zero attached hydrogens (tertiary/aromatic N) is 4. The van der Waals surface area contributed by atoms with E-state index in [1.165, 1.54) is 42.1 Å². The van der Waals surface area contributed by atoms with Crippen LogP contribution in [0.5, 0.6) is 0 Å². The van der Waals surface area contributed by atoms with Crippen molar-refractivity contribution >= 4 is 102 Å². The van der Waals surface area contributed by atoms with Gasteiger partial charge in [-0.25, -0.2) is 15.0 Å². The van der Waals surface area contributed by atoms with Gasteiger partial charge in [0.25, 0.3) is 0 Å². The molecule has 0 spiro atoms. The lowest BCUT2D eigenvalue weighted by Gasteiger charge is -2.16. The average Bonchev–Trinajstić information content (AvgIpc) is 4.05. The minimum atomic E-state index is 0.569. The van der Waals surface area contributed by atoms with Crippen molar-refractivity contribution in [3.8, 4) is 39.9 Å². The third-order valence-corrected chi connectivity index (χ3v) is 14.5. The van der Waals surface area contributed by atoms with Gasteiger partial charge in [0, 0.05) is 58.4 Å². The highest BCUT2D eigenvalue weighted by Crippen LogP contribution is 2.46. The van der Waals surface area contributed by atoms with Crippen LogP contribution < -0.4 is 0 Å². The highest BCUT2D eigenvalue weighted by Gasteiger charge is 2.26. The molecule has 9 aromatic carbocycles. The van der Waals surface area contributed by atoms with E-state index in [4.69, 9.17) is 19.4 Å². The molecule has 0 N–H and O–H groups in total. The lowest BCUT2D eigenvalue weighted by molar-refractivity contribution is 0.667. The molecule has 14 rings (SSSR count). The molecule has 5 nitrogen and oxygen atoms in total. The van der Waals surface area contributed by atoms with Crippen LogP contribution >= 0.6 is 11.3 Å². The fraction of sp³-hybridized carbons (Fsp3) is 0.0339. The molecule has 0 saturated carbocycles. The summed E-state index contributed by atoms with van der Waals surface area (Å²) in [6, 6.07) is 63.0. The van der Waals surface area contributed by atoms with Gasteiger partial charge in [0.15, 0.2) is 23.1 Å². The smallest absolute Gasteiger partial charge is 0.166 e. The van der Waals surface area contributed by atoms with Gasteiger partial charge < -0.3 is 8.98 Å². The molecule has 0 radical (unpaired) electrons. The number of furan rings is 1. The Balaban J connectivity index is 1.10. The van der Waals surface area contributed by atoms with E-state index in [9.17, 15) is 0 Å². The average molecular weight is 849 g/mol. The van der Waals surface area contributed by atoms with E-state index in [0.29, 0.717) is 17.5 Å². The molecular weight excluding hydrogens is 813 g/mol. The molecule has 4 aromatic heterocycles. The van der Waals surface area contributed by atoms with Gasteiger partial charge in [0.2, 0.25) is 0 Å². The summed E-state index contributed by atoms with van der Waals surface area (Å²) in [7, 11) is 0. The molecule has 304 valence electrons. The van der Waals surface area contributed by atoms with Gasteiger partial charge in [-0.05, 0) is 94.1 Å². The van der Waals surface area contributed by atoms with Crippen LogP contribution in [-0.4, -0.2) is 19.5 Å². The summed E-state index contributed by atoms with van der Waals surface area (Å²) < 4.78 is 12.0. The van der Waals surface area contributed by atoms with Crippen molar-refractivity contribution in [2.24, 2.45) is 0 Å². The van der Waals surface area contributed by atoms with Crippen molar-refractivity contribution in [3.63, 3.8) is 0 Å². The molecule has 0 unspecified atom stereocenters. The van der Waals surface area contributed by atoms with E-state index in [0.717, 1.165) is 89.7 Å². The maximum atomic E-state index is 7.16. The summed E-state index contributed by atoms with van der Waals surface area (Å²) in [4.78, 5) is 16.4. The van der Waals surface area contributed by atoms with E-state index in [2.05, 4.69) is 199 Å². The fourth-order valence-electron chi connectivity index (χ4n) is 10.3. The van der Waals surface area contributed by atoms with Gasteiger partial charge in [-0.2, -0.15) is 0 Å². The van der Waals surface area contributed by atoms with E-state index in [1.54, 1.807) is 11.3 Å².